The number of nitrogens with zero attached hydrogens (tertiary/aromatic N) is 1. The Balaban J connectivity index is 1.86. The Morgan fingerprint density at radius 2 is 1.95 bits per heavy atom. The molecule has 0 aliphatic carbocycles. The third kappa shape index (κ3) is 3.79. The second-order valence-electron chi connectivity index (χ2n) is 5.80. The first kappa shape index (κ1) is 15.4. The monoisotopic (exact) mass is 278 g/mol. The fourth-order valence-electron chi connectivity index (χ4n) is 2.84. The molecule has 0 radical (unpaired) electrons. The van der Waals surface area contributed by atoms with Gasteiger partial charge < -0.3 is 15.5 Å². The van der Waals surface area contributed by atoms with Gasteiger partial charge in [-0.1, -0.05) is 37.3 Å². The maximum Gasteiger partial charge on any atom is 0.0648 e. The fourth-order valence-corrected chi connectivity index (χ4v) is 2.84. The first-order valence-electron chi connectivity index (χ1n) is 7.47. The van der Waals surface area contributed by atoms with Crippen LogP contribution in [-0.4, -0.2) is 53.0 Å². The van der Waals surface area contributed by atoms with Crippen molar-refractivity contribution in [1.82, 2.24) is 10.2 Å². The predicted molar refractivity (Wildman–Crippen MR) is 80.5 cm³/mol. The second-order valence-corrected chi connectivity index (χ2v) is 5.80. The predicted octanol–water partition coefficient (Wildman–Crippen LogP) is 0.984. The molecule has 2 rings (SSSR count). The van der Waals surface area contributed by atoms with Gasteiger partial charge in [0.1, 0.15) is 0 Å². The Kier molecular flexibility index (Phi) is 5.54. The molecule has 1 atom stereocenters. The summed E-state index contributed by atoms with van der Waals surface area (Å²) in [6.07, 6.45) is 1.80. The zero-order valence-corrected chi connectivity index (χ0v) is 12.3. The van der Waals surface area contributed by atoms with Gasteiger partial charge in [0.2, 0.25) is 0 Å². The second kappa shape index (κ2) is 7.18. The quantitative estimate of drug-likeness (QED) is 0.696. The maximum absolute atomic E-state index is 9.50. The molecule has 1 fully saturated rings. The number of aliphatic hydroxyl groups excluding tert-OH is 2. The number of nitrogens with one attached hydrogen (secondary N) is 1. The highest BCUT2D eigenvalue weighted by atomic mass is 16.3. The van der Waals surface area contributed by atoms with Crippen molar-refractivity contribution in [2.24, 2.45) is 0 Å². The van der Waals surface area contributed by atoms with Crippen molar-refractivity contribution in [1.29, 1.82) is 0 Å². The summed E-state index contributed by atoms with van der Waals surface area (Å²) in [5, 5.41) is 22.5. The van der Waals surface area contributed by atoms with Crippen LogP contribution in [0.1, 0.15) is 25.3 Å². The molecule has 1 saturated heterocycles. The smallest absolute Gasteiger partial charge is 0.0648 e. The Labute approximate surface area is 121 Å². The van der Waals surface area contributed by atoms with Crippen molar-refractivity contribution in [3.05, 3.63) is 35.9 Å². The lowest BCUT2D eigenvalue weighted by Crippen LogP contribution is -2.56. The van der Waals surface area contributed by atoms with E-state index in [2.05, 4.69) is 34.5 Å². The van der Waals surface area contributed by atoms with Crippen LogP contribution in [0.4, 0.5) is 0 Å². The molecule has 4 nitrogen and oxygen atoms in total. The van der Waals surface area contributed by atoms with Crippen molar-refractivity contribution in [2.75, 3.05) is 26.3 Å². The topological polar surface area (TPSA) is 55.7 Å². The standard InChI is InChI=1S/C16H26N2O2/c1-2-16(12-19,13-20)17-15-8-9-18(11-15)10-14-6-4-3-5-7-14/h3-7,15,17,19-20H,2,8-13H2,1H3. The lowest BCUT2D eigenvalue weighted by Gasteiger charge is -2.33. The molecular formula is C16H26N2O2. The summed E-state index contributed by atoms with van der Waals surface area (Å²) in [5.41, 5.74) is 0.798. The number of benzene rings is 1. The van der Waals surface area contributed by atoms with Gasteiger partial charge in [-0.15, -0.1) is 0 Å². The van der Waals surface area contributed by atoms with Crippen molar-refractivity contribution in [3.63, 3.8) is 0 Å². The molecule has 3 N–H and O–H groups in total. The van der Waals surface area contributed by atoms with E-state index in [9.17, 15) is 10.2 Å². The SMILES string of the molecule is CCC(CO)(CO)NC1CCN(Cc2ccccc2)C1. The Morgan fingerprint density at radius 3 is 2.55 bits per heavy atom. The van der Waals surface area contributed by atoms with Gasteiger partial charge in [0.15, 0.2) is 0 Å². The molecule has 4 heteroatoms. The highest BCUT2D eigenvalue weighted by Crippen LogP contribution is 2.17. The van der Waals surface area contributed by atoms with Crippen molar-refractivity contribution < 1.29 is 10.2 Å². The van der Waals surface area contributed by atoms with Gasteiger partial charge in [0.05, 0.1) is 18.8 Å². The van der Waals surface area contributed by atoms with Crippen LogP contribution in [0.5, 0.6) is 0 Å². The molecule has 0 saturated carbocycles. The summed E-state index contributed by atoms with van der Waals surface area (Å²) in [6.45, 7) is 4.96. The first-order valence-corrected chi connectivity index (χ1v) is 7.47. The van der Waals surface area contributed by atoms with Gasteiger partial charge in [-0.2, -0.15) is 0 Å². The summed E-state index contributed by atoms with van der Waals surface area (Å²) < 4.78 is 0. The molecule has 112 valence electrons. The molecule has 1 aromatic rings. The lowest BCUT2D eigenvalue weighted by molar-refractivity contribution is 0.0780. The molecular weight excluding hydrogens is 252 g/mol. The molecule has 1 aliphatic heterocycles. The van der Waals surface area contributed by atoms with Gasteiger partial charge in [-0.25, -0.2) is 0 Å². The molecule has 0 bridgehead atoms. The summed E-state index contributed by atoms with van der Waals surface area (Å²) in [6, 6.07) is 10.8. The van der Waals surface area contributed by atoms with Crippen molar-refractivity contribution in [2.45, 2.75) is 37.9 Å². The number of hydrogen-bond donors (Lipinski definition) is 3. The van der Waals surface area contributed by atoms with E-state index in [1.165, 1.54) is 5.56 Å². The Morgan fingerprint density at radius 1 is 1.25 bits per heavy atom. The van der Waals surface area contributed by atoms with Crippen LogP contribution < -0.4 is 5.32 Å². The Bertz CT molecular complexity index is 384. The molecule has 0 aromatic heterocycles. The number of aliphatic hydroxyl groups is 2. The molecule has 0 amide bonds. The number of rotatable bonds is 7. The van der Waals surface area contributed by atoms with E-state index in [-0.39, 0.29) is 13.2 Å². The summed E-state index contributed by atoms with van der Waals surface area (Å²) >= 11 is 0. The molecule has 1 aromatic carbocycles. The van der Waals surface area contributed by atoms with Crippen LogP contribution in [0, 0.1) is 0 Å². The van der Waals surface area contributed by atoms with Gasteiger partial charge in [0, 0.05) is 25.7 Å². The van der Waals surface area contributed by atoms with Crippen LogP contribution >= 0.6 is 0 Å². The van der Waals surface area contributed by atoms with E-state index in [0.29, 0.717) is 6.04 Å². The normalized spacial score (nSPS) is 20.4. The first-order chi connectivity index (χ1) is 9.71. The third-order valence-corrected chi connectivity index (χ3v) is 4.31. The van der Waals surface area contributed by atoms with Gasteiger partial charge in [-0.05, 0) is 18.4 Å². The van der Waals surface area contributed by atoms with E-state index in [4.69, 9.17) is 0 Å². The minimum atomic E-state index is -0.534. The van der Waals surface area contributed by atoms with Gasteiger partial charge >= 0.3 is 0 Å². The largest absolute Gasteiger partial charge is 0.394 e. The zero-order valence-electron chi connectivity index (χ0n) is 12.3. The highest BCUT2D eigenvalue weighted by Gasteiger charge is 2.32. The number of likely N-dealkylation sites (tertiary alicyclic amines) is 1. The van der Waals surface area contributed by atoms with E-state index < -0.39 is 5.54 Å². The highest BCUT2D eigenvalue weighted by molar-refractivity contribution is 5.14. The summed E-state index contributed by atoms with van der Waals surface area (Å²) in [4.78, 5) is 2.42. The molecule has 20 heavy (non-hydrogen) atoms. The van der Waals surface area contributed by atoms with Crippen LogP contribution in [0.3, 0.4) is 0 Å². The minimum absolute atomic E-state index is 0.0187. The average molecular weight is 278 g/mol. The molecule has 0 spiro atoms. The van der Waals surface area contributed by atoms with Gasteiger partial charge in [0.25, 0.3) is 0 Å². The fraction of sp³-hybridized carbons (Fsp3) is 0.625. The molecule has 1 unspecified atom stereocenters. The maximum atomic E-state index is 9.50. The van der Waals surface area contributed by atoms with E-state index in [1.54, 1.807) is 0 Å². The van der Waals surface area contributed by atoms with Crippen LogP contribution in [-0.2, 0) is 6.54 Å². The van der Waals surface area contributed by atoms with Gasteiger partial charge in [-0.3, -0.25) is 4.90 Å². The summed E-state index contributed by atoms with van der Waals surface area (Å²) in [7, 11) is 0. The molecule has 1 heterocycles. The van der Waals surface area contributed by atoms with E-state index in [0.717, 1.165) is 32.5 Å². The van der Waals surface area contributed by atoms with E-state index >= 15 is 0 Å². The van der Waals surface area contributed by atoms with E-state index in [1.807, 2.05) is 13.0 Å². The zero-order chi connectivity index (χ0) is 14.4. The van der Waals surface area contributed by atoms with Crippen molar-refractivity contribution in [3.8, 4) is 0 Å². The molecule has 1 aliphatic rings. The third-order valence-electron chi connectivity index (χ3n) is 4.31. The average Bonchev–Trinajstić information content (AvgIpc) is 2.93. The Hall–Kier alpha value is -0.940. The number of hydrogen-bond acceptors (Lipinski definition) is 4. The van der Waals surface area contributed by atoms with Crippen molar-refractivity contribution >= 4 is 0 Å². The van der Waals surface area contributed by atoms with Crippen LogP contribution in [0.15, 0.2) is 30.3 Å². The van der Waals surface area contributed by atoms with Crippen LogP contribution in [0.25, 0.3) is 0 Å². The van der Waals surface area contributed by atoms with Crippen LogP contribution in [0.2, 0.25) is 0 Å². The minimum Gasteiger partial charge on any atom is -0.394 e. The lowest BCUT2D eigenvalue weighted by atomic mass is 9.97. The summed E-state index contributed by atoms with van der Waals surface area (Å²) in [5.74, 6) is 0.